The molecule has 12 nitrogen and oxygen atoms in total. The van der Waals surface area contributed by atoms with Crippen molar-refractivity contribution in [3.05, 3.63) is 220 Å². The molecular formula is C55H50N2O10S. The van der Waals surface area contributed by atoms with E-state index >= 15 is 4.79 Å². The first-order valence-corrected chi connectivity index (χ1v) is 24.1. The zero-order chi connectivity index (χ0) is 47.3. The Hall–Kier alpha value is -7.90. The quantitative estimate of drug-likeness (QED) is 0.0557. The minimum absolute atomic E-state index is 0.00475. The van der Waals surface area contributed by atoms with Crippen molar-refractivity contribution in [3.63, 3.8) is 0 Å². The molecule has 0 aliphatic heterocycles. The highest BCUT2D eigenvalue weighted by atomic mass is 32.2. The van der Waals surface area contributed by atoms with Crippen molar-refractivity contribution in [2.45, 2.75) is 57.8 Å². The number of carbonyl (C=O) groups is 3. The molecule has 8 rings (SSSR count). The molecule has 0 spiro atoms. The summed E-state index contributed by atoms with van der Waals surface area (Å²) in [6.07, 6.45) is 2.12. The van der Waals surface area contributed by atoms with Crippen molar-refractivity contribution < 1.29 is 46.5 Å². The highest BCUT2D eigenvalue weighted by Gasteiger charge is 2.34. The second-order valence-electron chi connectivity index (χ2n) is 16.3. The van der Waals surface area contributed by atoms with Gasteiger partial charge in [0.2, 0.25) is 15.8 Å². The summed E-state index contributed by atoms with van der Waals surface area (Å²) in [4.78, 5) is 43.2. The van der Waals surface area contributed by atoms with E-state index in [0.29, 0.717) is 37.2 Å². The van der Waals surface area contributed by atoms with Gasteiger partial charge in [0.25, 0.3) is 5.91 Å². The van der Waals surface area contributed by atoms with Gasteiger partial charge in [0.15, 0.2) is 0 Å². The third-order valence-corrected chi connectivity index (χ3v) is 11.8. The lowest BCUT2D eigenvalue weighted by molar-refractivity contribution is 0.0249. The number of hydrogen-bond donors (Lipinski definition) is 2. The van der Waals surface area contributed by atoms with Crippen LogP contribution in [0.15, 0.2) is 176 Å². The molecule has 2 N–H and O–H groups in total. The van der Waals surface area contributed by atoms with Gasteiger partial charge in [0.05, 0.1) is 29.1 Å². The number of benzene rings is 7. The molecule has 0 bridgehead atoms. The predicted molar refractivity (Wildman–Crippen MR) is 259 cm³/mol. The average molecular weight is 931 g/mol. The van der Waals surface area contributed by atoms with E-state index in [2.05, 4.69) is 10.0 Å². The van der Waals surface area contributed by atoms with Gasteiger partial charge in [-0.1, -0.05) is 127 Å². The van der Waals surface area contributed by atoms with E-state index in [0.717, 1.165) is 28.5 Å². The summed E-state index contributed by atoms with van der Waals surface area (Å²) in [5, 5.41) is 3.06. The van der Waals surface area contributed by atoms with Gasteiger partial charge in [-0.05, 0) is 90.0 Å². The van der Waals surface area contributed by atoms with Crippen LogP contribution in [0.2, 0.25) is 0 Å². The lowest BCUT2D eigenvalue weighted by atomic mass is 9.97. The summed E-state index contributed by atoms with van der Waals surface area (Å²) in [5.74, 6) is -1.06. The maximum Gasteiger partial charge on any atom is 0.338 e. The zero-order valence-electron chi connectivity index (χ0n) is 37.3. The Bertz CT molecular complexity index is 2870. The molecule has 2 atom stereocenters. The molecule has 1 aliphatic rings. The summed E-state index contributed by atoms with van der Waals surface area (Å²) in [5.41, 5.74) is 3.63. The third-order valence-electron chi connectivity index (χ3n) is 11.2. The van der Waals surface area contributed by atoms with Crippen LogP contribution in [0.1, 0.15) is 78.2 Å². The van der Waals surface area contributed by atoms with Crippen LogP contribution in [-0.2, 0) is 41.2 Å². The predicted octanol–water partition coefficient (Wildman–Crippen LogP) is 10.1. The molecule has 1 saturated carbocycles. The minimum Gasteiger partial charge on any atom is -0.489 e. The van der Waals surface area contributed by atoms with Crippen LogP contribution in [0.25, 0.3) is 0 Å². The number of hydrogen-bond acceptors (Lipinski definition) is 10. The largest absolute Gasteiger partial charge is 0.489 e. The second kappa shape index (κ2) is 22.1. The number of nitrogens with one attached hydrogen (secondary N) is 2. The first-order valence-electron chi connectivity index (χ1n) is 22.2. The Morgan fingerprint density at radius 3 is 1.51 bits per heavy atom. The van der Waals surface area contributed by atoms with Crippen molar-refractivity contribution in [3.8, 4) is 23.0 Å². The second-order valence-corrected chi connectivity index (χ2v) is 18.1. The van der Waals surface area contributed by atoms with Gasteiger partial charge >= 0.3 is 5.97 Å². The summed E-state index contributed by atoms with van der Waals surface area (Å²) in [6, 6.07) is 51.6. The molecule has 0 unspecified atom stereocenters. The molecule has 0 saturated heterocycles. The Labute approximate surface area is 395 Å². The van der Waals surface area contributed by atoms with Gasteiger partial charge in [0.1, 0.15) is 61.1 Å². The Morgan fingerprint density at radius 2 is 1.01 bits per heavy atom. The van der Waals surface area contributed by atoms with Crippen molar-refractivity contribution in [2.75, 3.05) is 11.0 Å². The number of esters is 1. The van der Waals surface area contributed by atoms with Crippen LogP contribution in [0.3, 0.4) is 0 Å². The van der Waals surface area contributed by atoms with Crippen LogP contribution < -0.4 is 29.0 Å². The molecule has 1 amide bonds. The van der Waals surface area contributed by atoms with Gasteiger partial charge in [-0.25, -0.2) is 13.2 Å². The molecule has 7 aromatic carbocycles. The smallest absolute Gasteiger partial charge is 0.338 e. The standard InChI is InChI=1S/C55H50N2O10S/c1-68(61,62)57-46-25-15-27-48(64-35-39-18-8-3-9-19-39)51(46)53(58)52-49(65-36-40-20-10-4-11-21-40)32-43(33-50(52)66-37-41-22-12-5-13-23-41)55(60)67-47-26-14-24-45(47)56-54(59)42-28-30-44(31-29-42)63-34-38-16-6-2-7-17-38/h2-13,15-23,25,27-33,45,47,57H,14,24,26,34-37H2,1H3,(H,56,59)/t45-,47-/m1/s1. The summed E-state index contributed by atoms with van der Waals surface area (Å²) in [7, 11) is -3.90. The number of anilines is 1. The van der Waals surface area contributed by atoms with Crippen LogP contribution >= 0.6 is 0 Å². The summed E-state index contributed by atoms with van der Waals surface area (Å²) in [6.45, 7) is 0.455. The number of ether oxygens (including phenoxy) is 5. The number of sulfonamides is 1. The van der Waals surface area contributed by atoms with Crippen LogP contribution in [-0.4, -0.2) is 44.5 Å². The van der Waals surface area contributed by atoms with E-state index in [1.807, 2.05) is 121 Å². The van der Waals surface area contributed by atoms with Gasteiger partial charge in [-0.3, -0.25) is 14.3 Å². The van der Waals surface area contributed by atoms with E-state index in [4.69, 9.17) is 23.7 Å². The van der Waals surface area contributed by atoms with Crippen molar-refractivity contribution in [1.29, 1.82) is 0 Å². The lowest BCUT2D eigenvalue weighted by Crippen LogP contribution is -2.42. The average Bonchev–Trinajstić information content (AvgIpc) is 3.79. The van der Waals surface area contributed by atoms with Gasteiger partial charge in [0, 0.05) is 5.56 Å². The summed E-state index contributed by atoms with van der Waals surface area (Å²) < 4.78 is 59.2. The first-order chi connectivity index (χ1) is 33.1. The first kappa shape index (κ1) is 46.6. The monoisotopic (exact) mass is 930 g/mol. The van der Waals surface area contributed by atoms with Crippen molar-refractivity contribution in [2.24, 2.45) is 0 Å². The van der Waals surface area contributed by atoms with E-state index < -0.39 is 33.9 Å². The van der Waals surface area contributed by atoms with E-state index in [1.165, 1.54) is 18.2 Å². The topological polar surface area (TPSA) is 156 Å². The highest BCUT2D eigenvalue weighted by molar-refractivity contribution is 7.92. The fourth-order valence-electron chi connectivity index (χ4n) is 7.79. The number of ketones is 1. The van der Waals surface area contributed by atoms with Crippen LogP contribution in [0.5, 0.6) is 23.0 Å². The molecule has 1 fully saturated rings. The molecule has 0 radical (unpaired) electrons. The maximum atomic E-state index is 15.3. The number of rotatable bonds is 20. The van der Waals surface area contributed by atoms with E-state index in [-0.39, 0.29) is 65.4 Å². The maximum absolute atomic E-state index is 15.3. The molecule has 13 heteroatoms. The Morgan fingerprint density at radius 1 is 0.529 bits per heavy atom. The lowest BCUT2D eigenvalue weighted by Gasteiger charge is -2.23. The van der Waals surface area contributed by atoms with Crippen molar-refractivity contribution in [1.82, 2.24) is 5.32 Å². The normalized spacial score (nSPS) is 14.3. The van der Waals surface area contributed by atoms with Crippen LogP contribution in [0, 0.1) is 0 Å². The van der Waals surface area contributed by atoms with Crippen molar-refractivity contribution >= 4 is 33.4 Å². The molecule has 68 heavy (non-hydrogen) atoms. The Kier molecular flexibility index (Phi) is 15.1. The van der Waals surface area contributed by atoms with Crippen LogP contribution in [0.4, 0.5) is 5.69 Å². The molecular weight excluding hydrogens is 881 g/mol. The molecule has 7 aromatic rings. The number of amides is 1. The molecule has 0 aromatic heterocycles. The van der Waals surface area contributed by atoms with E-state index in [1.54, 1.807) is 36.4 Å². The number of carbonyl (C=O) groups excluding carboxylic acids is 3. The Balaban J connectivity index is 1.11. The SMILES string of the molecule is CS(=O)(=O)Nc1cccc(OCc2ccccc2)c1C(=O)c1c(OCc2ccccc2)cc(C(=O)O[C@@H]2CCC[C@H]2NC(=O)c2ccc(OCc3ccccc3)cc2)cc1OCc1ccccc1. The van der Waals surface area contributed by atoms with Gasteiger partial charge in [-0.15, -0.1) is 0 Å². The van der Waals surface area contributed by atoms with E-state index in [9.17, 15) is 18.0 Å². The zero-order valence-corrected chi connectivity index (χ0v) is 38.2. The fraction of sp³-hybridized carbons (Fsp3) is 0.182. The van der Waals surface area contributed by atoms with Gasteiger partial charge < -0.3 is 29.0 Å². The van der Waals surface area contributed by atoms with Gasteiger partial charge in [-0.2, -0.15) is 0 Å². The third kappa shape index (κ3) is 12.5. The highest BCUT2D eigenvalue weighted by Crippen LogP contribution is 2.39. The molecule has 0 heterocycles. The molecule has 346 valence electrons. The fourth-order valence-corrected chi connectivity index (χ4v) is 8.36. The minimum atomic E-state index is -3.90. The molecule has 1 aliphatic carbocycles. The summed E-state index contributed by atoms with van der Waals surface area (Å²) >= 11 is 0.